The van der Waals surface area contributed by atoms with E-state index in [1.807, 2.05) is 64.2 Å². The number of anilines is 3. The summed E-state index contributed by atoms with van der Waals surface area (Å²) in [5, 5.41) is 13.4. The number of carbonyl (C=O) groups excluding carboxylic acids is 2. The van der Waals surface area contributed by atoms with E-state index in [2.05, 4.69) is 36.9 Å². The maximum Gasteiger partial charge on any atom is 0.410 e. The summed E-state index contributed by atoms with van der Waals surface area (Å²) in [6, 6.07) is 19.4. The van der Waals surface area contributed by atoms with Crippen LogP contribution in [-0.4, -0.2) is 117 Å². The van der Waals surface area contributed by atoms with Gasteiger partial charge in [0.25, 0.3) is 5.91 Å². The van der Waals surface area contributed by atoms with Gasteiger partial charge in [0, 0.05) is 56.0 Å². The molecule has 0 bridgehead atoms. The summed E-state index contributed by atoms with van der Waals surface area (Å²) in [7, 11) is 0. The van der Waals surface area contributed by atoms with Gasteiger partial charge in [0.1, 0.15) is 47.3 Å². The lowest BCUT2D eigenvalue weighted by molar-refractivity contribution is -0.129. The van der Waals surface area contributed by atoms with E-state index >= 15 is 0 Å². The van der Waals surface area contributed by atoms with Crippen molar-refractivity contribution in [1.29, 1.82) is 0 Å². The summed E-state index contributed by atoms with van der Waals surface area (Å²) in [5.74, 6) is 0.987. The van der Waals surface area contributed by atoms with Crippen molar-refractivity contribution in [2.45, 2.75) is 44.2 Å². The molecule has 1 unspecified atom stereocenters. The molecule has 1 aliphatic carbocycles. The van der Waals surface area contributed by atoms with Gasteiger partial charge in [-0.15, -0.1) is 0 Å². The molecular weight excluding hydrogens is 877 g/mol. The Morgan fingerprint density at radius 2 is 1.68 bits per heavy atom. The molecule has 11 rings (SSSR count). The van der Waals surface area contributed by atoms with Crippen molar-refractivity contribution in [3.63, 3.8) is 0 Å². The summed E-state index contributed by atoms with van der Waals surface area (Å²) in [5.41, 5.74) is 10.6. The molecule has 0 spiro atoms. The lowest BCUT2D eigenvalue weighted by Crippen LogP contribution is -2.49. The number of aromatic amines is 1. The number of ether oxygens (including phenoxy) is 2. The fourth-order valence-corrected chi connectivity index (χ4v) is 8.85. The van der Waals surface area contributed by atoms with Crippen molar-refractivity contribution in [1.82, 2.24) is 59.1 Å². The van der Waals surface area contributed by atoms with Crippen molar-refractivity contribution in [2.24, 2.45) is 0 Å². The molecule has 8 aromatic rings. The highest BCUT2D eigenvalue weighted by molar-refractivity contribution is 5.98. The number of amides is 2. The van der Waals surface area contributed by atoms with Crippen molar-refractivity contribution < 1.29 is 27.8 Å². The molecule has 2 saturated heterocycles. The number of benzene rings is 3. The summed E-state index contributed by atoms with van der Waals surface area (Å²) in [6.45, 7) is 6.17. The Kier molecular flexibility index (Phi) is 10.9. The predicted octanol–water partition coefficient (Wildman–Crippen LogP) is 6.63. The number of fused-ring (bicyclic) bond motifs is 3. The molecule has 2 amide bonds. The number of nitrogen functional groups attached to an aromatic ring is 1. The number of piperazine rings is 1. The number of likely N-dealkylation sites (tertiary alicyclic amines) is 1. The first-order valence-corrected chi connectivity index (χ1v) is 22.4. The molecule has 0 radical (unpaired) electrons. The Labute approximate surface area is 386 Å². The molecule has 21 heteroatoms. The zero-order valence-electron chi connectivity index (χ0n) is 36.7. The number of imidazole rings is 1. The van der Waals surface area contributed by atoms with Crippen LogP contribution in [0.3, 0.4) is 0 Å². The zero-order valence-corrected chi connectivity index (χ0v) is 36.7. The Morgan fingerprint density at radius 1 is 0.882 bits per heavy atom. The maximum absolute atomic E-state index is 14.4. The van der Waals surface area contributed by atoms with Crippen LogP contribution in [0, 0.1) is 11.6 Å². The number of nitrogens with zero attached hydrogens (tertiary/aromatic N) is 12. The van der Waals surface area contributed by atoms with Gasteiger partial charge in [0.05, 0.1) is 29.7 Å². The third-order valence-corrected chi connectivity index (χ3v) is 12.6. The second-order valence-electron chi connectivity index (χ2n) is 17.1. The van der Waals surface area contributed by atoms with Crippen molar-refractivity contribution in [2.75, 3.05) is 61.8 Å². The van der Waals surface area contributed by atoms with Crippen LogP contribution >= 0.6 is 0 Å². The molecule has 346 valence electrons. The quantitative estimate of drug-likeness (QED) is 0.110. The lowest BCUT2D eigenvalue weighted by Gasteiger charge is -2.34. The molecule has 4 N–H and O–H groups in total. The lowest BCUT2D eigenvalue weighted by atomic mass is 10.0. The number of halogens is 2. The van der Waals surface area contributed by atoms with Gasteiger partial charge < -0.3 is 40.2 Å². The normalized spacial score (nSPS) is 16.4. The van der Waals surface area contributed by atoms with E-state index < -0.39 is 17.7 Å². The van der Waals surface area contributed by atoms with E-state index in [4.69, 9.17) is 30.3 Å². The van der Waals surface area contributed by atoms with E-state index in [1.54, 1.807) is 20.5 Å². The summed E-state index contributed by atoms with van der Waals surface area (Å²) in [4.78, 5) is 58.3. The van der Waals surface area contributed by atoms with Gasteiger partial charge >= 0.3 is 6.09 Å². The number of hydrogen-bond acceptors (Lipinski definition) is 14. The number of nitrogens with one attached hydrogen (secondary N) is 2. The fourth-order valence-electron chi connectivity index (χ4n) is 8.85. The van der Waals surface area contributed by atoms with Gasteiger partial charge in [0.2, 0.25) is 11.9 Å². The van der Waals surface area contributed by atoms with Crippen LogP contribution in [0.1, 0.15) is 49.0 Å². The minimum atomic E-state index is -1.02. The van der Waals surface area contributed by atoms with Crippen LogP contribution in [0.2, 0.25) is 0 Å². The third-order valence-electron chi connectivity index (χ3n) is 12.6. The fraction of sp³-hybridized carbons (Fsp3) is 0.298. The van der Waals surface area contributed by atoms with Gasteiger partial charge in [-0.2, -0.15) is 24.7 Å². The molecule has 7 heterocycles. The molecule has 3 fully saturated rings. The van der Waals surface area contributed by atoms with Crippen LogP contribution in [-0.2, 0) is 16.1 Å². The molecular formula is C47H45F2N15O4. The van der Waals surface area contributed by atoms with Crippen LogP contribution in [0.4, 0.5) is 31.3 Å². The third kappa shape index (κ3) is 8.19. The Balaban J connectivity index is 0.714. The highest BCUT2D eigenvalue weighted by atomic mass is 19.2. The van der Waals surface area contributed by atoms with Gasteiger partial charge in [-0.1, -0.05) is 24.8 Å². The average molecular weight is 922 g/mol. The van der Waals surface area contributed by atoms with Gasteiger partial charge in [-0.25, -0.2) is 33.2 Å². The molecule has 2 aliphatic heterocycles. The van der Waals surface area contributed by atoms with E-state index in [1.165, 1.54) is 12.4 Å². The first-order chi connectivity index (χ1) is 33.1. The highest BCUT2D eigenvalue weighted by Crippen LogP contribution is 2.42. The number of hydrogen-bond donors (Lipinski definition) is 3. The number of rotatable bonds is 12. The Bertz CT molecular complexity index is 3220. The predicted molar refractivity (Wildman–Crippen MR) is 247 cm³/mol. The van der Waals surface area contributed by atoms with E-state index in [0.29, 0.717) is 109 Å². The second kappa shape index (κ2) is 17.5. The van der Waals surface area contributed by atoms with Crippen LogP contribution in [0.5, 0.6) is 11.5 Å². The first kappa shape index (κ1) is 42.4. The van der Waals surface area contributed by atoms with Crippen LogP contribution in [0.15, 0.2) is 91.4 Å². The van der Waals surface area contributed by atoms with Crippen molar-refractivity contribution in [3.8, 4) is 22.8 Å². The van der Waals surface area contributed by atoms with Crippen molar-refractivity contribution in [3.05, 3.63) is 114 Å². The zero-order chi connectivity index (χ0) is 46.5. The minimum absolute atomic E-state index is 0.0833. The maximum atomic E-state index is 14.4. The molecule has 68 heavy (non-hydrogen) atoms. The average Bonchev–Trinajstić information content (AvgIpc) is 3.77. The number of nitrogens with two attached hydrogens (primary N) is 1. The summed E-state index contributed by atoms with van der Waals surface area (Å²) < 4.78 is 43.4. The highest BCUT2D eigenvalue weighted by Gasteiger charge is 2.32. The number of para-hydroxylation sites is 1. The van der Waals surface area contributed by atoms with Gasteiger partial charge in [0.15, 0.2) is 22.9 Å². The smallest absolute Gasteiger partial charge is 0.410 e. The number of aromatic nitrogens is 10. The molecule has 1 atom stereocenters. The van der Waals surface area contributed by atoms with Crippen LogP contribution in [0.25, 0.3) is 39.0 Å². The molecule has 1 saturated carbocycles. The molecule has 19 nitrogen and oxygen atoms in total. The standard InChI is InChI=1S/C47H45F2N15O4/c1-27(44(65)62-17-5-6-30(24-62)63-43-37(41(50)52-26-53-43)39(59-63)29-11-13-32(14-12-29)68-31-7-3-2-4-8-31)25-67-47(66)61-20-18-60(19-21-61)46-57-42-33(28-9-10-28)22-54-64(42)45(58-46)51-23-36-55-35-16-15-34(48)38(49)40(35)56-36/h2-4,7-8,11-16,22,26,28,30H,1,5-6,9-10,17-21,23-25H2,(H,55,56)(H2,50,52,53)(H,51,57,58). The van der Waals surface area contributed by atoms with E-state index in [9.17, 15) is 18.4 Å². The Morgan fingerprint density at radius 3 is 2.47 bits per heavy atom. The Hall–Kier alpha value is -8.23. The topological polar surface area (TPSA) is 216 Å². The van der Waals surface area contributed by atoms with Crippen molar-refractivity contribution >= 4 is 57.4 Å². The minimum Gasteiger partial charge on any atom is -0.457 e. The second-order valence-corrected chi connectivity index (χ2v) is 17.1. The van der Waals surface area contributed by atoms with Crippen LogP contribution < -0.4 is 20.7 Å². The number of piperidine rings is 1. The largest absolute Gasteiger partial charge is 0.457 e. The van der Waals surface area contributed by atoms with E-state index in [0.717, 1.165) is 42.2 Å². The number of carbonyl (C=O) groups is 2. The molecule has 5 aromatic heterocycles. The molecule has 3 aromatic carbocycles. The number of H-pyrrole nitrogens is 1. The van der Waals surface area contributed by atoms with Gasteiger partial charge in [-0.05, 0) is 80.1 Å². The molecule has 3 aliphatic rings. The SMILES string of the molecule is C=C(COC(=O)N1CCN(c2nc(NCc3nc4c(F)c(F)ccc4[nH]3)n3ncc(C4CC4)c3n2)CC1)C(=O)N1CCCC(n2nc(-c3ccc(Oc4ccccc4)cc3)c3c(N)ncnc32)C1. The van der Waals surface area contributed by atoms with E-state index in [-0.39, 0.29) is 36.2 Å². The summed E-state index contributed by atoms with van der Waals surface area (Å²) in [6.07, 6.45) is 6.19. The van der Waals surface area contributed by atoms with Gasteiger partial charge in [-0.3, -0.25) is 4.79 Å². The monoisotopic (exact) mass is 921 g/mol. The first-order valence-electron chi connectivity index (χ1n) is 22.4. The summed E-state index contributed by atoms with van der Waals surface area (Å²) >= 11 is 0.